The fourth-order valence-electron chi connectivity index (χ4n) is 1.74. The topological polar surface area (TPSA) is 72.6 Å². The fraction of sp³-hybridized carbons (Fsp3) is 0.143. The maximum absolute atomic E-state index is 13.6. The average Bonchev–Trinajstić information content (AvgIpc) is 2.48. The summed E-state index contributed by atoms with van der Waals surface area (Å²) in [6, 6.07) is 8.51. The van der Waals surface area contributed by atoms with Crippen molar-refractivity contribution >= 4 is 21.6 Å². The average molecular weight is 356 g/mol. The summed E-state index contributed by atoms with van der Waals surface area (Å²) in [6.07, 6.45) is 0. The maximum Gasteiger partial charge on any atom is 0.311 e. The van der Waals surface area contributed by atoms with Gasteiger partial charge in [-0.3, -0.25) is 10.1 Å². The van der Waals surface area contributed by atoms with Gasteiger partial charge >= 0.3 is 5.69 Å². The van der Waals surface area contributed by atoms with Crippen molar-refractivity contribution in [2.45, 2.75) is 13.2 Å². The van der Waals surface area contributed by atoms with Gasteiger partial charge in [0.05, 0.1) is 11.5 Å². The first-order chi connectivity index (χ1) is 10.0. The molecule has 0 unspecified atom stereocenters. The number of nitro groups is 1. The number of aliphatic hydroxyl groups is 1. The second kappa shape index (κ2) is 6.64. The lowest BCUT2D eigenvalue weighted by Crippen LogP contribution is -2.02. The molecule has 21 heavy (non-hydrogen) atoms. The summed E-state index contributed by atoms with van der Waals surface area (Å²) in [7, 11) is 0. The van der Waals surface area contributed by atoms with Gasteiger partial charge in [-0.05, 0) is 29.8 Å². The molecule has 2 rings (SSSR count). The van der Waals surface area contributed by atoms with Crippen molar-refractivity contribution in [2.24, 2.45) is 0 Å². The molecule has 0 heterocycles. The molecule has 0 fully saturated rings. The molecular formula is C14H11BrFNO4. The van der Waals surface area contributed by atoms with E-state index in [0.29, 0.717) is 10.0 Å². The van der Waals surface area contributed by atoms with E-state index >= 15 is 0 Å². The molecule has 110 valence electrons. The van der Waals surface area contributed by atoms with Gasteiger partial charge in [0.2, 0.25) is 0 Å². The van der Waals surface area contributed by atoms with Crippen LogP contribution in [0, 0.1) is 15.9 Å². The highest BCUT2D eigenvalue weighted by Crippen LogP contribution is 2.29. The van der Waals surface area contributed by atoms with Crippen molar-refractivity contribution in [1.82, 2.24) is 0 Å². The molecule has 1 N–H and O–H groups in total. The molecule has 0 amide bonds. The van der Waals surface area contributed by atoms with Crippen molar-refractivity contribution in [3.8, 4) is 5.75 Å². The van der Waals surface area contributed by atoms with Gasteiger partial charge < -0.3 is 9.84 Å². The first-order valence-corrected chi connectivity index (χ1v) is 6.75. The van der Waals surface area contributed by atoms with Gasteiger partial charge in [0.1, 0.15) is 12.4 Å². The Morgan fingerprint density at radius 2 is 2.05 bits per heavy atom. The number of hydrogen-bond donors (Lipinski definition) is 1. The number of nitrogens with zero attached hydrogens (tertiary/aromatic N) is 1. The molecule has 0 saturated carbocycles. The summed E-state index contributed by atoms with van der Waals surface area (Å²) in [5.41, 5.74) is 0.421. The molecule has 0 aliphatic rings. The normalized spacial score (nSPS) is 10.4. The summed E-state index contributed by atoms with van der Waals surface area (Å²) in [4.78, 5) is 10.4. The first-order valence-electron chi connectivity index (χ1n) is 5.96. The van der Waals surface area contributed by atoms with Gasteiger partial charge in [-0.15, -0.1) is 0 Å². The van der Waals surface area contributed by atoms with E-state index in [4.69, 9.17) is 9.84 Å². The molecule has 0 saturated heterocycles. The highest BCUT2D eigenvalue weighted by molar-refractivity contribution is 9.10. The molecule has 0 aromatic heterocycles. The summed E-state index contributed by atoms with van der Waals surface area (Å²) < 4.78 is 19.6. The van der Waals surface area contributed by atoms with Crippen LogP contribution in [0.4, 0.5) is 10.1 Å². The molecule has 0 radical (unpaired) electrons. The zero-order valence-corrected chi connectivity index (χ0v) is 12.3. The Hall–Kier alpha value is -1.99. The van der Waals surface area contributed by atoms with Gasteiger partial charge in [0.25, 0.3) is 0 Å². The van der Waals surface area contributed by atoms with Gasteiger partial charge in [-0.1, -0.05) is 22.0 Å². The zero-order valence-electron chi connectivity index (χ0n) is 10.8. The standard InChI is InChI=1S/C14H11BrFNO4/c15-11-2-3-12(16)10(6-11)8-21-14-4-1-9(7-18)5-13(14)17(19)20/h1-6,18H,7-8H2. The molecule has 0 bridgehead atoms. The predicted molar refractivity (Wildman–Crippen MR) is 77.5 cm³/mol. The second-order valence-corrected chi connectivity index (χ2v) is 5.16. The lowest BCUT2D eigenvalue weighted by Gasteiger charge is -2.09. The Bertz CT molecular complexity index is 678. The molecule has 2 aromatic rings. The van der Waals surface area contributed by atoms with Crippen LogP contribution in [-0.2, 0) is 13.2 Å². The number of benzene rings is 2. The largest absolute Gasteiger partial charge is 0.482 e. The highest BCUT2D eigenvalue weighted by atomic mass is 79.9. The third-order valence-electron chi connectivity index (χ3n) is 2.79. The maximum atomic E-state index is 13.6. The van der Waals surface area contributed by atoms with Crippen molar-refractivity contribution in [3.63, 3.8) is 0 Å². The Kier molecular flexibility index (Phi) is 4.87. The van der Waals surface area contributed by atoms with Crippen molar-refractivity contribution in [1.29, 1.82) is 0 Å². The highest BCUT2D eigenvalue weighted by Gasteiger charge is 2.16. The fourth-order valence-corrected chi connectivity index (χ4v) is 2.14. The molecular weight excluding hydrogens is 345 g/mol. The molecule has 7 heteroatoms. The molecule has 0 aliphatic heterocycles. The Morgan fingerprint density at radius 3 is 2.71 bits per heavy atom. The van der Waals surface area contributed by atoms with Gasteiger partial charge in [0, 0.05) is 16.1 Å². The Balaban J connectivity index is 2.23. The van der Waals surface area contributed by atoms with E-state index in [0.717, 1.165) is 0 Å². The van der Waals surface area contributed by atoms with Crippen molar-refractivity contribution in [2.75, 3.05) is 0 Å². The minimum atomic E-state index is -0.605. The zero-order chi connectivity index (χ0) is 15.4. The minimum Gasteiger partial charge on any atom is -0.482 e. The summed E-state index contributed by atoms with van der Waals surface area (Å²) in [5, 5.41) is 20.0. The van der Waals surface area contributed by atoms with Crippen LogP contribution in [0.2, 0.25) is 0 Å². The van der Waals surface area contributed by atoms with E-state index in [1.807, 2.05) is 0 Å². The molecule has 0 aliphatic carbocycles. The third kappa shape index (κ3) is 3.77. The van der Waals surface area contributed by atoms with Gasteiger partial charge in [-0.25, -0.2) is 4.39 Å². The lowest BCUT2D eigenvalue weighted by molar-refractivity contribution is -0.386. The smallest absolute Gasteiger partial charge is 0.311 e. The van der Waals surface area contributed by atoms with E-state index in [-0.39, 0.29) is 30.2 Å². The summed E-state index contributed by atoms with van der Waals surface area (Å²) >= 11 is 3.22. The first kappa shape index (κ1) is 15.4. The van der Waals surface area contributed by atoms with E-state index in [1.54, 1.807) is 12.1 Å². The van der Waals surface area contributed by atoms with E-state index < -0.39 is 10.7 Å². The Labute approximate surface area is 128 Å². The third-order valence-corrected chi connectivity index (χ3v) is 3.29. The van der Waals surface area contributed by atoms with Crippen LogP contribution in [0.25, 0.3) is 0 Å². The van der Waals surface area contributed by atoms with Gasteiger partial charge in [-0.2, -0.15) is 0 Å². The number of hydrogen-bond acceptors (Lipinski definition) is 4. The number of ether oxygens (including phenoxy) is 1. The van der Waals surface area contributed by atoms with E-state index in [1.165, 1.54) is 24.3 Å². The van der Waals surface area contributed by atoms with Crippen molar-refractivity contribution in [3.05, 3.63) is 67.9 Å². The van der Waals surface area contributed by atoms with Crippen LogP contribution in [0.15, 0.2) is 40.9 Å². The number of halogens is 2. The lowest BCUT2D eigenvalue weighted by atomic mass is 10.2. The van der Waals surface area contributed by atoms with Crippen LogP contribution in [0.5, 0.6) is 5.75 Å². The number of rotatable bonds is 5. The minimum absolute atomic E-state index is 0.0246. The SMILES string of the molecule is O=[N+]([O-])c1cc(CO)ccc1OCc1cc(Br)ccc1F. The molecule has 0 atom stereocenters. The predicted octanol–water partition coefficient (Wildman–Crippen LogP) is 3.57. The van der Waals surface area contributed by atoms with E-state index in [2.05, 4.69) is 15.9 Å². The van der Waals surface area contributed by atoms with Crippen LogP contribution < -0.4 is 4.74 Å². The monoisotopic (exact) mass is 355 g/mol. The summed E-state index contributed by atoms with van der Waals surface area (Å²) in [5.74, 6) is -0.426. The van der Waals surface area contributed by atoms with Crippen LogP contribution in [0.1, 0.15) is 11.1 Å². The van der Waals surface area contributed by atoms with Gasteiger partial charge in [0.15, 0.2) is 5.75 Å². The van der Waals surface area contributed by atoms with Crippen molar-refractivity contribution < 1.29 is 19.2 Å². The van der Waals surface area contributed by atoms with Crippen LogP contribution in [-0.4, -0.2) is 10.0 Å². The Morgan fingerprint density at radius 1 is 1.29 bits per heavy atom. The quantitative estimate of drug-likeness (QED) is 0.657. The molecule has 0 spiro atoms. The molecule has 2 aromatic carbocycles. The van der Waals surface area contributed by atoms with Crippen LogP contribution >= 0.6 is 15.9 Å². The second-order valence-electron chi connectivity index (χ2n) is 4.24. The number of aliphatic hydroxyl groups excluding tert-OH is 1. The van der Waals surface area contributed by atoms with E-state index in [9.17, 15) is 14.5 Å². The van der Waals surface area contributed by atoms with Crippen LogP contribution in [0.3, 0.4) is 0 Å². The molecule has 5 nitrogen and oxygen atoms in total. The number of nitro benzene ring substituents is 1. The summed E-state index contributed by atoms with van der Waals surface area (Å²) in [6.45, 7) is -0.439.